The normalized spacial score (nSPS) is 15.3. The van der Waals surface area contributed by atoms with Crippen molar-refractivity contribution in [3.63, 3.8) is 0 Å². The zero-order valence-corrected chi connectivity index (χ0v) is 17.2. The Labute approximate surface area is 157 Å². The van der Waals surface area contributed by atoms with Crippen LogP contribution in [0.4, 0.5) is 0 Å². The Morgan fingerprint density at radius 3 is 2.04 bits per heavy atom. The summed E-state index contributed by atoms with van der Waals surface area (Å²) in [6.07, 6.45) is 5.54. The summed E-state index contributed by atoms with van der Waals surface area (Å²) in [6.45, 7) is 10.0. The summed E-state index contributed by atoms with van der Waals surface area (Å²) in [5, 5.41) is 7.72. The Bertz CT molecular complexity index is 857. The topological polar surface area (TPSA) is 75.1 Å². The molecule has 1 aliphatic rings. The van der Waals surface area contributed by atoms with Gasteiger partial charge in [0.2, 0.25) is 5.78 Å². The Morgan fingerprint density at radius 1 is 0.962 bits per heavy atom. The SMILES string of the molecule is CCC(C)(CC)C(CC)(CC)S(=O)(=O)c1cccc2c1C=CC(=N)C2=O. The van der Waals surface area contributed by atoms with Gasteiger partial charge in [0.1, 0.15) is 5.71 Å². The van der Waals surface area contributed by atoms with Crippen molar-refractivity contribution in [2.24, 2.45) is 5.41 Å². The van der Waals surface area contributed by atoms with Crippen LogP contribution in [0.1, 0.15) is 76.2 Å². The highest BCUT2D eigenvalue weighted by Gasteiger charge is 2.54. The van der Waals surface area contributed by atoms with E-state index in [1.54, 1.807) is 24.3 Å². The van der Waals surface area contributed by atoms with Crippen molar-refractivity contribution in [2.45, 2.75) is 69.9 Å². The molecule has 2 rings (SSSR count). The van der Waals surface area contributed by atoms with Gasteiger partial charge in [0.15, 0.2) is 9.84 Å². The van der Waals surface area contributed by atoms with Crippen LogP contribution in [-0.2, 0) is 9.84 Å². The molecule has 0 heterocycles. The van der Waals surface area contributed by atoms with Crippen molar-refractivity contribution in [1.29, 1.82) is 5.41 Å². The molecule has 5 heteroatoms. The first-order valence-corrected chi connectivity index (χ1v) is 10.8. The standard InChI is InChI=1S/C21H29NO3S/c1-6-20(5,7-2)21(8-3,9-4)26(24,25)18-12-10-11-16-15(18)13-14-17(22)19(16)23/h10-14,22H,6-9H2,1-5H3. The molecule has 0 unspecified atom stereocenters. The van der Waals surface area contributed by atoms with Crippen molar-refractivity contribution in [1.82, 2.24) is 0 Å². The van der Waals surface area contributed by atoms with Crippen LogP contribution in [0.25, 0.3) is 6.08 Å². The zero-order chi connectivity index (χ0) is 19.8. The third kappa shape index (κ3) is 2.68. The lowest BCUT2D eigenvalue weighted by Crippen LogP contribution is -2.51. The first-order chi connectivity index (χ1) is 12.2. The lowest BCUT2D eigenvalue weighted by atomic mass is 9.69. The van der Waals surface area contributed by atoms with Crippen LogP contribution in [0.5, 0.6) is 0 Å². The molecule has 26 heavy (non-hydrogen) atoms. The Kier molecular flexibility index (Phi) is 5.62. The largest absolute Gasteiger partial charge is 0.297 e. The number of benzene rings is 1. The number of rotatable bonds is 7. The van der Waals surface area contributed by atoms with Crippen LogP contribution in [0.3, 0.4) is 0 Å². The average Bonchev–Trinajstić information content (AvgIpc) is 2.65. The third-order valence-electron chi connectivity index (χ3n) is 6.58. The molecule has 1 aromatic rings. The lowest BCUT2D eigenvalue weighted by Gasteiger charge is -2.47. The molecule has 0 saturated carbocycles. The Hall–Kier alpha value is -1.75. The minimum atomic E-state index is -3.70. The van der Waals surface area contributed by atoms with Crippen molar-refractivity contribution >= 4 is 27.4 Å². The van der Waals surface area contributed by atoms with Gasteiger partial charge in [-0.05, 0) is 43.2 Å². The highest BCUT2D eigenvalue weighted by molar-refractivity contribution is 7.93. The number of carbonyl (C=O) groups is 1. The summed E-state index contributed by atoms with van der Waals surface area (Å²) in [5.74, 6) is -0.424. The summed E-state index contributed by atoms with van der Waals surface area (Å²) >= 11 is 0. The molecule has 0 spiro atoms. The number of ketones is 1. The molecule has 0 radical (unpaired) electrons. The lowest BCUT2D eigenvalue weighted by molar-refractivity contribution is 0.106. The summed E-state index contributed by atoms with van der Waals surface area (Å²) in [7, 11) is -3.70. The van der Waals surface area contributed by atoms with Crippen LogP contribution in [0, 0.1) is 10.8 Å². The van der Waals surface area contributed by atoms with E-state index < -0.39 is 20.4 Å². The van der Waals surface area contributed by atoms with E-state index in [-0.39, 0.29) is 16.0 Å². The van der Waals surface area contributed by atoms with Crippen molar-refractivity contribution in [3.8, 4) is 0 Å². The second kappa shape index (κ2) is 7.10. The number of hydrogen-bond donors (Lipinski definition) is 1. The van der Waals surface area contributed by atoms with Crippen LogP contribution in [0.2, 0.25) is 0 Å². The van der Waals surface area contributed by atoms with Gasteiger partial charge in [-0.25, -0.2) is 8.42 Å². The quantitative estimate of drug-likeness (QED) is 0.722. The minimum Gasteiger partial charge on any atom is -0.297 e. The first kappa shape index (κ1) is 20.6. The molecule has 1 N–H and O–H groups in total. The van der Waals surface area contributed by atoms with Crippen molar-refractivity contribution in [2.75, 3.05) is 0 Å². The Balaban J connectivity index is 2.82. The molecule has 1 aliphatic carbocycles. The fraction of sp³-hybridized carbons (Fsp3) is 0.524. The monoisotopic (exact) mass is 375 g/mol. The van der Waals surface area contributed by atoms with E-state index in [1.165, 1.54) is 6.08 Å². The van der Waals surface area contributed by atoms with E-state index in [0.717, 1.165) is 12.8 Å². The number of carbonyl (C=O) groups excluding carboxylic acids is 1. The van der Waals surface area contributed by atoms with Gasteiger partial charge < -0.3 is 0 Å². The van der Waals surface area contributed by atoms with E-state index >= 15 is 0 Å². The summed E-state index contributed by atoms with van der Waals surface area (Å²) in [4.78, 5) is 12.5. The predicted octanol–water partition coefficient (Wildman–Crippen LogP) is 5.07. The maximum atomic E-state index is 13.9. The third-order valence-corrected chi connectivity index (χ3v) is 9.61. The van der Waals surface area contributed by atoms with E-state index in [2.05, 4.69) is 6.92 Å². The van der Waals surface area contributed by atoms with Gasteiger partial charge in [-0.2, -0.15) is 0 Å². The van der Waals surface area contributed by atoms with Crippen LogP contribution in [-0.4, -0.2) is 24.7 Å². The number of nitrogens with one attached hydrogen (secondary N) is 1. The molecule has 0 amide bonds. The van der Waals surface area contributed by atoms with E-state index in [4.69, 9.17) is 5.41 Å². The van der Waals surface area contributed by atoms with Crippen LogP contribution in [0.15, 0.2) is 29.2 Å². The van der Waals surface area contributed by atoms with Crippen LogP contribution >= 0.6 is 0 Å². The first-order valence-electron chi connectivity index (χ1n) is 9.34. The molecular weight excluding hydrogens is 346 g/mol. The van der Waals surface area contributed by atoms with Gasteiger partial charge in [0, 0.05) is 11.1 Å². The minimum absolute atomic E-state index is 0.115. The molecule has 0 aliphatic heterocycles. The number of allylic oxidation sites excluding steroid dienone is 1. The second-order valence-corrected chi connectivity index (χ2v) is 9.49. The summed E-state index contributed by atoms with van der Waals surface area (Å²) in [6, 6.07) is 4.82. The van der Waals surface area contributed by atoms with E-state index in [0.29, 0.717) is 24.0 Å². The molecule has 0 saturated heterocycles. The number of sulfone groups is 1. The predicted molar refractivity (Wildman–Crippen MR) is 107 cm³/mol. The summed E-state index contributed by atoms with van der Waals surface area (Å²) in [5.41, 5.74) is 0.243. The van der Waals surface area contributed by atoms with Gasteiger partial charge in [0.25, 0.3) is 0 Å². The van der Waals surface area contributed by atoms with Gasteiger partial charge >= 0.3 is 0 Å². The number of hydrogen-bond acceptors (Lipinski definition) is 4. The van der Waals surface area contributed by atoms with Crippen LogP contribution < -0.4 is 0 Å². The zero-order valence-electron chi connectivity index (χ0n) is 16.3. The average molecular weight is 376 g/mol. The number of Topliss-reactive ketones (excluding diaryl/α,β-unsaturated/α-hetero) is 1. The maximum absolute atomic E-state index is 13.9. The maximum Gasteiger partial charge on any atom is 0.211 e. The second-order valence-electron chi connectivity index (χ2n) is 7.27. The fourth-order valence-electron chi connectivity index (χ4n) is 4.45. The van der Waals surface area contributed by atoms with E-state index in [9.17, 15) is 13.2 Å². The molecular formula is C21H29NO3S. The van der Waals surface area contributed by atoms with Gasteiger partial charge in [0.05, 0.1) is 9.64 Å². The van der Waals surface area contributed by atoms with Crippen molar-refractivity contribution in [3.05, 3.63) is 35.4 Å². The summed E-state index contributed by atoms with van der Waals surface area (Å²) < 4.78 is 27.0. The number of fused-ring (bicyclic) bond motifs is 1. The van der Waals surface area contributed by atoms with Gasteiger partial charge in [-0.1, -0.05) is 52.8 Å². The van der Waals surface area contributed by atoms with E-state index in [1.807, 2.05) is 27.7 Å². The van der Waals surface area contributed by atoms with Gasteiger partial charge in [-0.3, -0.25) is 10.2 Å². The van der Waals surface area contributed by atoms with Crippen molar-refractivity contribution < 1.29 is 13.2 Å². The highest BCUT2D eigenvalue weighted by Crippen LogP contribution is 2.51. The Morgan fingerprint density at radius 2 is 1.54 bits per heavy atom. The van der Waals surface area contributed by atoms with Gasteiger partial charge in [-0.15, -0.1) is 0 Å². The molecule has 0 bridgehead atoms. The molecule has 0 atom stereocenters. The molecule has 1 aromatic carbocycles. The molecule has 0 aromatic heterocycles. The molecule has 0 fully saturated rings. The smallest absolute Gasteiger partial charge is 0.211 e. The fourth-order valence-corrected chi connectivity index (χ4v) is 7.29. The molecule has 142 valence electrons. The molecule has 4 nitrogen and oxygen atoms in total. The highest BCUT2D eigenvalue weighted by atomic mass is 32.2.